The Morgan fingerprint density at radius 3 is 2.42 bits per heavy atom. The van der Waals surface area contributed by atoms with Crippen LogP contribution in [-0.4, -0.2) is 32.0 Å². The van der Waals surface area contributed by atoms with Crippen LogP contribution in [0.5, 0.6) is 0 Å². The Morgan fingerprint density at radius 2 is 2.08 bits per heavy atom. The van der Waals surface area contributed by atoms with Crippen molar-refractivity contribution in [2.75, 3.05) is 14.2 Å². The highest BCUT2D eigenvalue weighted by Gasteiger charge is 2.09. The molecule has 0 fully saturated rings. The number of methoxy groups -OCH3 is 1. The maximum atomic E-state index is 10.9. The number of carbonyl (C=O) groups is 1. The molecule has 0 heterocycles. The maximum Gasteiger partial charge on any atom is 0.374 e. The summed E-state index contributed by atoms with van der Waals surface area (Å²) in [5.74, 6) is -0.308. The predicted octanol–water partition coefficient (Wildman–Crippen LogP) is -0.310. The van der Waals surface area contributed by atoms with E-state index in [9.17, 15) is 4.79 Å². The highest BCUT2D eigenvalue weighted by atomic mass is 16.5. The molecule has 0 aromatic heterocycles. The molecule has 0 saturated carbocycles. The number of amidine groups is 1. The Balaban J connectivity index is 3.94. The van der Waals surface area contributed by atoms with E-state index in [1.165, 1.54) is 14.2 Å². The molecule has 2 N–H and O–H groups in total. The quantitative estimate of drug-likeness (QED) is 0.260. The van der Waals surface area contributed by atoms with Gasteiger partial charge in [0.1, 0.15) is 0 Å². The molecule has 0 unspecified atom stereocenters. The summed E-state index contributed by atoms with van der Waals surface area (Å²) in [6.07, 6.45) is 0. The van der Waals surface area contributed by atoms with Gasteiger partial charge in [-0.15, -0.1) is 0 Å². The van der Waals surface area contributed by atoms with Crippen LogP contribution in [0.3, 0.4) is 0 Å². The molecular weight excluding hydrogens is 158 g/mol. The summed E-state index contributed by atoms with van der Waals surface area (Å²) in [7, 11) is 2.83. The Labute approximate surface area is 72.2 Å². The van der Waals surface area contributed by atoms with Gasteiger partial charge in [0.05, 0.1) is 7.11 Å². The van der Waals surface area contributed by atoms with Crippen LogP contribution in [0.2, 0.25) is 0 Å². The van der Waals surface area contributed by atoms with E-state index in [1.54, 1.807) is 0 Å². The SMILES string of the molecule is CN=C(NNC(C)C)C(=O)OC. The first kappa shape index (κ1) is 10.9. The minimum absolute atomic E-state index is 0.172. The summed E-state index contributed by atoms with van der Waals surface area (Å²) in [4.78, 5) is 14.6. The summed E-state index contributed by atoms with van der Waals surface area (Å²) in [6, 6.07) is 0.228. The molecule has 0 saturated heterocycles. The summed E-state index contributed by atoms with van der Waals surface area (Å²) in [5, 5.41) is 0. The van der Waals surface area contributed by atoms with Crippen LogP contribution < -0.4 is 10.9 Å². The largest absolute Gasteiger partial charge is 0.463 e. The Bertz CT molecular complexity index is 177. The first-order chi connectivity index (χ1) is 5.61. The zero-order valence-electron chi connectivity index (χ0n) is 7.84. The number of nitrogens with one attached hydrogen (secondary N) is 2. The standard InChI is InChI=1S/C7H15N3O2/c1-5(2)9-10-6(8-3)7(11)12-4/h5,9H,1-4H3,(H,8,10). The fourth-order valence-corrected chi connectivity index (χ4v) is 0.508. The zero-order valence-corrected chi connectivity index (χ0v) is 7.84. The minimum Gasteiger partial charge on any atom is -0.463 e. The lowest BCUT2D eigenvalue weighted by Gasteiger charge is -2.10. The number of ether oxygens (including phenoxy) is 1. The van der Waals surface area contributed by atoms with Crippen LogP contribution in [0.15, 0.2) is 4.99 Å². The van der Waals surface area contributed by atoms with Gasteiger partial charge in [-0.3, -0.25) is 10.4 Å². The fraction of sp³-hybridized carbons (Fsp3) is 0.714. The average molecular weight is 173 g/mol. The van der Waals surface area contributed by atoms with Crippen molar-refractivity contribution in [1.29, 1.82) is 0 Å². The van der Waals surface area contributed by atoms with Gasteiger partial charge in [0.2, 0.25) is 5.84 Å². The number of carbonyl (C=O) groups excluding carboxylic acids is 1. The van der Waals surface area contributed by atoms with Crippen molar-refractivity contribution in [3.05, 3.63) is 0 Å². The molecule has 0 bridgehead atoms. The molecule has 0 radical (unpaired) electrons. The molecule has 0 atom stereocenters. The van der Waals surface area contributed by atoms with Gasteiger partial charge in [-0.1, -0.05) is 0 Å². The summed E-state index contributed by atoms with van der Waals surface area (Å²) < 4.78 is 4.46. The number of esters is 1. The van der Waals surface area contributed by atoms with Gasteiger partial charge in [-0.25, -0.2) is 10.2 Å². The van der Waals surface area contributed by atoms with Gasteiger partial charge in [0, 0.05) is 13.1 Å². The Hall–Kier alpha value is -1.10. The highest BCUT2D eigenvalue weighted by Crippen LogP contribution is 1.78. The lowest BCUT2D eigenvalue weighted by molar-refractivity contribution is -0.133. The summed E-state index contributed by atoms with van der Waals surface area (Å²) >= 11 is 0. The lowest BCUT2D eigenvalue weighted by Crippen LogP contribution is -2.45. The molecule has 0 amide bonds. The molecular formula is C7H15N3O2. The summed E-state index contributed by atoms with van der Waals surface area (Å²) in [6.45, 7) is 3.88. The van der Waals surface area contributed by atoms with E-state index in [1.807, 2.05) is 13.8 Å². The van der Waals surface area contributed by atoms with Crippen LogP contribution in [-0.2, 0) is 9.53 Å². The third-order valence-corrected chi connectivity index (χ3v) is 1.08. The second-order valence-electron chi connectivity index (χ2n) is 2.49. The number of rotatable bonds is 2. The van der Waals surface area contributed by atoms with Crippen LogP contribution in [0.4, 0.5) is 0 Å². The molecule has 0 aliphatic rings. The van der Waals surface area contributed by atoms with Crippen molar-refractivity contribution in [2.24, 2.45) is 4.99 Å². The van der Waals surface area contributed by atoms with Crippen molar-refractivity contribution in [1.82, 2.24) is 10.9 Å². The second-order valence-corrected chi connectivity index (χ2v) is 2.49. The molecule has 12 heavy (non-hydrogen) atoms. The van der Waals surface area contributed by atoms with Crippen LogP contribution in [0.1, 0.15) is 13.8 Å². The first-order valence-electron chi connectivity index (χ1n) is 3.68. The van der Waals surface area contributed by atoms with Crippen molar-refractivity contribution in [3.63, 3.8) is 0 Å². The van der Waals surface area contributed by atoms with E-state index in [0.717, 1.165) is 0 Å². The normalized spacial score (nSPS) is 11.6. The van der Waals surface area contributed by atoms with Crippen molar-refractivity contribution >= 4 is 11.8 Å². The van der Waals surface area contributed by atoms with Gasteiger partial charge in [0.15, 0.2) is 0 Å². The first-order valence-corrected chi connectivity index (χ1v) is 3.68. The molecule has 70 valence electrons. The molecule has 0 spiro atoms. The molecule has 0 rings (SSSR count). The average Bonchev–Trinajstić information content (AvgIpc) is 2.04. The molecule has 0 aliphatic carbocycles. The lowest BCUT2D eigenvalue weighted by atomic mass is 10.4. The van der Waals surface area contributed by atoms with E-state index in [2.05, 4.69) is 20.6 Å². The minimum atomic E-state index is -0.481. The van der Waals surface area contributed by atoms with Crippen molar-refractivity contribution in [3.8, 4) is 0 Å². The number of hydrogen-bond acceptors (Lipinski definition) is 4. The van der Waals surface area contributed by atoms with Crippen molar-refractivity contribution < 1.29 is 9.53 Å². The second kappa shape index (κ2) is 5.54. The highest BCUT2D eigenvalue weighted by molar-refractivity contribution is 6.35. The molecule has 0 aromatic rings. The molecule has 5 heteroatoms. The fourth-order valence-electron chi connectivity index (χ4n) is 0.508. The van der Waals surface area contributed by atoms with Crippen molar-refractivity contribution in [2.45, 2.75) is 19.9 Å². The molecule has 0 aliphatic heterocycles. The monoisotopic (exact) mass is 173 g/mol. The number of nitrogens with zero attached hydrogens (tertiary/aromatic N) is 1. The van der Waals surface area contributed by atoms with E-state index in [0.29, 0.717) is 0 Å². The van der Waals surface area contributed by atoms with Gasteiger partial charge in [-0.05, 0) is 13.8 Å². The van der Waals surface area contributed by atoms with E-state index < -0.39 is 5.97 Å². The molecule has 5 nitrogen and oxygen atoms in total. The van der Waals surface area contributed by atoms with Crippen LogP contribution in [0.25, 0.3) is 0 Å². The maximum absolute atomic E-state index is 10.9. The topological polar surface area (TPSA) is 62.7 Å². The number of hydrogen-bond donors (Lipinski definition) is 2. The Morgan fingerprint density at radius 1 is 1.50 bits per heavy atom. The number of hydrazine groups is 1. The molecule has 0 aromatic carbocycles. The predicted molar refractivity (Wildman–Crippen MR) is 46.8 cm³/mol. The third-order valence-electron chi connectivity index (χ3n) is 1.08. The van der Waals surface area contributed by atoms with E-state index in [-0.39, 0.29) is 11.9 Å². The summed E-state index contributed by atoms with van der Waals surface area (Å²) in [5.41, 5.74) is 5.48. The van der Waals surface area contributed by atoms with Gasteiger partial charge in [-0.2, -0.15) is 0 Å². The van der Waals surface area contributed by atoms with Crippen LogP contribution >= 0.6 is 0 Å². The number of aliphatic imine (C=N–C) groups is 1. The van der Waals surface area contributed by atoms with E-state index >= 15 is 0 Å². The van der Waals surface area contributed by atoms with Gasteiger partial charge >= 0.3 is 5.97 Å². The smallest absolute Gasteiger partial charge is 0.374 e. The zero-order chi connectivity index (χ0) is 9.56. The third kappa shape index (κ3) is 3.92. The Kier molecular flexibility index (Phi) is 5.03. The van der Waals surface area contributed by atoms with Crippen LogP contribution in [0, 0.1) is 0 Å². The van der Waals surface area contributed by atoms with Gasteiger partial charge < -0.3 is 4.74 Å². The van der Waals surface area contributed by atoms with E-state index in [4.69, 9.17) is 0 Å². The van der Waals surface area contributed by atoms with Gasteiger partial charge in [0.25, 0.3) is 0 Å².